The average molecular weight is 338 g/mol. The van der Waals surface area contributed by atoms with Crippen molar-refractivity contribution in [3.05, 3.63) is 29.6 Å². The highest BCUT2D eigenvalue weighted by Gasteiger charge is 2.21. The van der Waals surface area contributed by atoms with Crippen molar-refractivity contribution < 1.29 is 31.1 Å². The lowest BCUT2D eigenvalue weighted by Crippen LogP contribution is -2.15. The molecule has 0 saturated heterocycles. The number of carboxylic acid groups (broad SMARTS) is 1. The van der Waals surface area contributed by atoms with Gasteiger partial charge < -0.3 is 5.11 Å². The Balaban J connectivity index is 2.91. The molecule has 21 heavy (non-hydrogen) atoms. The lowest BCUT2D eigenvalue weighted by Gasteiger charge is -2.06. The van der Waals surface area contributed by atoms with Gasteiger partial charge in [0.15, 0.2) is 9.84 Å². The number of benzene rings is 1. The van der Waals surface area contributed by atoms with Gasteiger partial charge in [-0.1, -0.05) is 6.92 Å². The summed E-state index contributed by atoms with van der Waals surface area (Å²) in [7, 11) is -7.28. The van der Waals surface area contributed by atoms with Gasteiger partial charge in [-0.15, -0.1) is 0 Å². The Morgan fingerprint density at radius 1 is 1.19 bits per heavy atom. The zero-order chi connectivity index (χ0) is 16.3. The molecular formula is C12H15FO6S2. The summed E-state index contributed by atoms with van der Waals surface area (Å²) in [4.78, 5) is 10.0. The van der Waals surface area contributed by atoms with Crippen LogP contribution in [-0.2, 0) is 19.7 Å². The van der Waals surface area contributed by atoms with E-state index in [9.17, 15) is 26.0 Å². The van der Waals surface area contributed by atoms with E-state index in [4.69, 9.17) is 5.11 Å². The van der Waals surface area contributed by atoms with E-state index in [1.807, 2.05) is 0 Å². The number of rotatable bonds is 7. The minimum absolute atomic E-state index is 0.0886. The quantitative estimate of drug-likeness (QED) is 0.799. The van der Waals surface area contributed by atoms with Crippen molar-refractivity contribution in [3.63, 3.8) is 0 Å². The zero-order valence-electron chi connectivity index (χ0n) is 11.2. The molecule has 6 nitrogen and oxygen atoms in total. The van der Waals surface area contributed by atoms with Crippen molar-refractivity contribution in [1.82, 2.24) is 0 Å². The lowest BCUT2D eigenvalue weighted by atomic mass is 10.2. The SMILES string of the molecule is CCS(=O)(=O)CCCS(=O)(=O)c1ccc(C(=O)O)cc1F. The second-order valence-corrected chi connectivity index (χ2v) is 8.91. The highest BCUT2D eigenvalue weighted by atomic mass is 32.2. The number of carboxylic acids is 1. The normalized spacial score (nSPS) is 12.3. The van der Waals surface area contributed by atoms with Gasteiger partial charge in [0.2, 0.25) is 0 Å². The first kappa shape index (κ1) is 17.6. The van der Waals surface area contributed by atoms with Gasteiger partial charge in [-0.2, -0.15) is 0 Å². The molecule has 0 saturated carbocycles. The van der Waals surface area contributed by atoms with Crippen molar-refractivity contribution in [2.45, 2.75) is 18.2 Å². The van der Waals surface area contributed by atoms with E-state index in [2.05, 4.69) is 0 Å². The molecule has 1 rings (SSSR count). The highest BCUT2D eigenvalue weighted by Crippen LogP contribution is 2.18. The van der Waals surface area contributed by atoms with E-state index in [1.165, 1.54) is 6.92 Å². The third-order valence-electron chi connectivity index (χ3n) is 2.82. The Bertz CT molecular complexity index is 737. The molecule has 9 heteroatoms. The number of aromatic carboxylic acids is 1. The van der Waals surface area contributed by atoms with Crippen LogP contribution in [-0.4, -0.2) is 45.2 Å². The largest absolute Gasteiger partial charge is 0.478 e. The van der Waals surface area contributed by atoms with Crippen molar-refractivity contribution in [3.8, 4) is 0 Å². The standard InChI is InChI=1S/C12H15FO6S2/c1-2-20(16,17)6-3-7-21(18,19)11-5-4-9(12(14)15)8-10(11)13/h4-5,8H,2-3,6-7H2,1H3,(H,14,15). The summed E-state index contributed by atoms with van der Waals surface area (Å²) < 4.78 is 60.1. The third kappa shape index (κ3) is 4.78. The molecule has 0 aromatic heterocycles. The molecule has 1 aromatic rings. The van der Waals surface area contributed by atoms with E-state index in [-0.39, 0.29) is 23.5 Å². The predicted molar refractivity (Wildman–Crippen MR) is 74.4 cm³/mol. The summed E-state index contributed by atoms with van der Waals surface area (Å²) >= 11 is 0. The number of sulfone groups is 2. The fraction of sp³-hybridized carbons (Fsp3) is 0.417. The van der Waals surface area contributed by atoms with Crippen LogP contribution in [0, 0.1) is 5.82 Å². The van der Waals surface area contributed by atoms with Crippen molar-refractivity contribution in [1.29, 1.82) is 0 Å². The molecule has 0 spiro atoms. The molecule has 1 N–H and O–H groups in total. The maximum atomic E-state index is 13.7. The van der Waals surface area contributed by atoms with Crippen LogP contribution in [0.15, 0.2) is 23.1 Å². The molecule has 0 aliphatic carbocycles. The lowest BCUT2D eigenvalue weighted by molar-refractivity contribution is 0.0696. The van der Waals surface area contributed by atoms with Crippen LogP contribution in [0.5, 0.6) is 0 Å². The average Bonchev–Trinajstić information content (AvgIpc) is 2.37. The van der Waals surface area contributed by atoms with Gasteiger partial charge in [0, 0.05) is 5.75 Å². The molecule has 1 aromatic carbocycles. The van der Waals surface area contributed by atoms with Crippen molar-refractivity contribution in [2.75, 3.05) is 17.3 Å². The number of hydrogen-bond acceptors (Lipinski definition) is 5. The van der Waals surface area contributed by atoms with E-state index < -0.39 is 42.1 Å². The Kier molecular flexibility index (Phi) is 5.46. The molecule has 118 valence electrons. The first-order chi connectivity index (χ1) is 9.59. The maximum absolute atomic E-state index is 13.7. The van der Waals surface area contributed by atoms with Crippen LogP contribution < -0.4 is 0 Å². The minimum Gasteiger partial charge on any atom is -0.478 e. The summed E-state index contributed by atoms with van der Waals surface area (Å²) in [6, 6.07) is 2.49. The molecule has 0 aliphatic rings. The monoisotopic (exact) mass is 338 g/mol. The Morgan fingerprint density at radius 3 is 2.29 bits per heavy atom. The predicted octanol–water partition coefficient (Wildman–Crippen LogP) is 1.12. The molecule has 0 heterocycles. The molecule has 0 radical (unpaired) electrons. The van der Waals surface area contributed by atoms with Crippen LogP contribution in [0.25, 0.3) is 0 Å². The number of carbonyl (C=O) groups is 1. The molecule has 0 fully saturated rings. The Hall–Kier alpha value is -1.48. The number of halogens is 1. The smallest absolute Gasteiger partial charge is 0.335 e. The molecule has 0 unspecified atom stereocenters. The molecule has 0 atom stereocenters. The molecule has 0 bridgehead atoms. The van der Waals surface area contributed by atoms with Crippen LogP contribution in [0.1, 0.15) is 23.7 Å². The summed E-state index contributed by atoms with van der Waals surface area (Å²) in [5.41, 5.74) is -0.361. The van der Waals surface area contributed by atoms with Gasteiger partial charge in [-0.25, -0.2) is 26.0 Å². The Labute approximate surface area is 122 Å². The van der Waals surface area contributed by atoms with Crippen LogP contribution in [0.3, 0.4) is 0 Å². The van der Waals surface area contributed by atoms with Crippen LogP contribution in [0.4, 0.5) is 4.39 Å². The summed E-state index contributed by atoms with van der Waals surface area (Å²) in [5.74, 6) is -3.43. The topological polar surface area (TPSA) is 106 Å². The molecular weight excluding hydrogens is 323 g/mol. The highest BCUT2D eigenvalue weighted by molar-refractivity contribution is 7.92. The fourth-order valence-corrected chi connectivity index (χ4v) is 4.04. The first-order valence-corrected chi connectivity index (χ1v) is 9.52. The fourth-order valence-electron chi connectivity index (χ4n) is 1.61. The van der Waals surface area contributed by atoms with Gasteiger partial charge in [-0.05, 0) is 24.6 Å². The molecule has 0 amide bonds. The summed E-state index contributed by atoms with van der Waals surface area (Å²) in [6.07, 6.45) is -0.140. The summed E-state index contributed by atoms with van der Waals surface area (Å²) in [5, 5.41) is 8.68. The van der Waals surface area contributed by atoms with E-state index in [1.54, 1.807) is 0 Å². The van der Waals surface area contributed by atoms with Crippen LogP contribution >= 0.6 is 0 Å². The van der Waals surface area contributed by atoms with Gasteiger partial charge in [-0.3, -0.25) is 0 Å². The van der Waals surface area contributed by atoms with Gasteiger partial charge in [0.05, 0.1) is 17.1 Å². The molecule has 0 aliphatic heterocycles. The van der Waals surface area contributed by atoms with E-state index in [0.29, 0.717) is 6.07 Å². The second kappa shape index (κ2) is 6.52. The van der Waals surface area contributed by atoms with Crippen LogP contribution in [0.2, 0.25) is 0 Å². The number of hydrogen-bond donors (Lipinski definition) is 1. The summed E-state index contributed by atoms with van der Waals surface area (Å²) in [6.45, 7) is 1.45. The van der Waals surface area contributed by atoms with Crippen molar-refractivity contribution >= 4 is 25.6 Å². The van der Waals surface area contributed by atoms with E-state index >= 15 is 0 Å². The van der Waals surface area contributed by atoms with E-state index in [0.717, 1.165) is 12.1 Å². The van der Waals surface area contributed by atoms with Gasteiger partial charge in [0.25, 0.3) is 0 Å². The second-order valence-electron chi connectivity index (χ2n) is 4.36. The first-order valence-electron chi connectivity index (χ1n) is 6.05. The zero-order valence-corrected chi connectivity index (χ0v) is 12.9. The van der Waals surface area contributed by atoms with Gasteiger partial charge >= 0.3 is 5.97 Å². The maximum Gasteiger partial charge on any atom is 0.335 e. The third-order valence-corrected chi connectivity index (χ3v) is 6.44. The van der Waals surface area contributed by atoms with Crippen molar-refractivity contribution in [2.24, 2.45) is 0 Å². The minimum atomic E-state index is -4.00. The Morgan fingerprint density at radius 2 is 1.81 bits per heavy atom. The van der Waals surface area contributed by atoms with Gasteiger partial charge in [0.1, 0.15) is 20.5 Å².